The van der Waals surface area contributed by atoms with Crippen LogP contribution in [0.2, 0.25) is 5.02 Å². The third-order valence-electron chi connectivity index (χ3n) is 3.51. The molecule has 1 heterocycles. The number of carbonyl (C=O) groups excluding carboxylic acids is 3. The highest BCUT2D eigenvalue weighted by atomic mass is 35.5. The summed E-state index contributed by atoms with van der Waals surface area (Å²) in [6.45, 7) is 2.08. The Balaban J connectivity index is 1.66. The first-order valence-corrected chi connectivity index (χ1v) is 9.11. The predicted molar refractivity (Wildman–Crippen MR) is 100 cm³/mol. The van der Waals surface area contributed by atoms with Gasteiger partial charge in [0.2, 0.25) is 11.8 Å². The van der Waals surface area contributed by atoms with E-state index in [9.17, 15) is 14.4 Å². The van der Waals surface area contributed by atoms with Crippen molar-refractivity contribution in [3.63, 3.8) is 0 Å². The van der Waals surface area contributed by atoms with Gasteiger partial charge in [-0.15, -0.1) is 11.3 Å². The number of rotatable bonds is 8. The number of nitrogens with one attached hydrogen (secondary N) is 2. The van der Waals surface area contributed by atoms with Crippen molar-refractivity contribution in [2.45, 2.75) is 26.2 Å². The maximum atomic E-state index is 11.9. The number of hydrogen-bond donors (Lipinski definition) is 2. The number of benzene rings is 1. The van der Waals surface area contributed by atoms with E-state index < -0.39 is 0 Å². The minimum atomic E-state index is -0.236. The van der Waals surface area contributed by atoms with Gasteiger partial charge in [-0.3, -0.25) is 14.4 Å². The van der Waals surface area contributed by atoms with Crippen LogP contribution in [0.25, 0.3) is 0 Å². The molecule has 0 aliphatic heterocycles. The number of ketones is 1. The summed E-state index contributed by atoms with van der Waals surface area (Å²) >= 11 is 7.24. The standard InChI is InChI=1S/C18H19ClN2O3S/c1-12-11-13(19)4-5-14(12)21-18(24)8-9-20-17(23)7-6-15(22)16-3-2-10-25-16/h2-5,10-11H,6-9H2,1H3,(H,20,23)(H,21,24). The molecule has 132 valence electrons. The lowest BCUT2D eigenvalue weighted by Crippen LogP contribution is -2.28. The molecular weight excluding hydrogens is 360 g/mol. The normalized spacial score (nSPS) is 10.3. The summed E-state index contributed by atoms with van der Waals surface area (Å²) in [7, 11) is 0. The molecule has 0 aliphatic carbocycles. The Morgan fingerprint density at radius 2 is 1.88 bits per heavy atom. The quantitative estimate of drug-likeness (QED) is 0.685. The molecule has 0 saturated heterocycles. The molecule has 0 fully saturated rings. The van der Waals surface area contributed by atoms with Crippen LogP contribution >= 0.6 is 22.9 Å². The lowest BCUT2D eigenvalue weighted by molar-refractivity contribution is -0.121. The molecule has 0 spiro atoms. The van der Waals surface area contributed by atoms with Gasteiger partial charge >= 0.3 is 0 Å². The second-order valence-corrected chi connectivity index (χ2v) is 6.89. The Morgan fingerprint density at radius 1 is 1.08 bits per heavy atom. The summed E-state index contributed by atoms with van der Waals surface area (Å²) in [5.74, 6) is -0.470. The van der Waals surface area contributed by atoms with Crippen molar-refractivity contribution in [1.29, 1.82) is 0 Å². The molecule has 2 rings (SSSR count). The van der Waals surface area contributed by atoms with Gasteiger partial charge < -0.3 is 10.6 Å². The minimum absolute atomic E-state index is 0.0406. The topological polar surface area (TPSA) is 75.3 Å². The Kier molecular flexibility index (Phi) is 7.16. The third-order valence-corrected chi connectivity index (χ3v) is 4.66. The van der Waals surface area contributed by atoms with Crippen LogP contribution in [-0.4, -0.2) is 24.1 Å². The van der Waals surface area contributed by atoms with E-state index in [-0.39, 0.29) is 43.4 Å². The molecule has 2 aromatic rings. The first-order valence-electron chi connectivity index (χ1n) is 7.85. The van der Waals surface area contributed by atoms with Crippen molar-refractivity contribution in [2.75, 3.05) is 11.9 Å². The molecule has 0 aliphatic rings. The lowest BCUT2D eigenvalue weighted by atomic mass is 10.2. The van der Waals surface area contributed by atoms with Gasteiger partial charge in [-0.2, -0.15) is 0 Å². The van der Waals surface area contributed by atoms with Gasteiger partial charge in [-0.1, -0.05) is 17.7 Å². The number of aryl methyl sites for hydroxylation is 1. The average molecular weight is 379 g/mol. The average Bonchev–Trinajstić information content (AvgIpc) is 3.10. The fourth-order valence-corrected chi connectivity index (χ4v) is 3.09. The van der Waals surface area contributed by atoms with Crippen molar-refractivity contribution in [2.24, 2.45) is 0 Å². The molecule has 0 radical (unpaired) electrons. The van der Waals surface area contributed by atoms with Crippen LogP contribution in [0.3, 0.4) is 0 Å². The highest BCUT2D eigenvalue weighted by Crippen LogP contribution is 2.19. The van der Waals surface area contributed by atoms with E-state index >= 15 is 0 Å². The summed E-state index contributed by atoms with van der Waals surface area (Å²) in [5, 5.41) is 7.87. The maximum Gasteiger partial charge on any atom is 0.226 e. The molecule has 5 nitrogen and oxygen atoms in total. The van der Waals surface area contributed by atoms with Crippen LogP contribution in [0, 0.1) is 6.92 Å². The third kappa shape index (κ3) is 6.32. The monoisotopic (exact) mass is 378 g/mol. The van der Waals surface area contributed by atoms with Crippen molar-refractivity contribution >= 4 is 46.2 Å². The second kappa shape index (κ2) is 9.34. The fourth-order valence-electron chi connectivity index (χ4n) is 2.17. The fraction of sp³-hybridized carbons (Fsp3) is 0.278. The summed E-state index contributed by atoms with van der Waals surface area (Å²) in [6, 6.07) is 8.76. The highest BCUT2D eigenvalue weighted by molar-refractivity contribution is 7.12. The van der Waals surface area contributed by atoms with Crippen LogP contribution < -0.4 is 10.6 Å². The van der Waals surface area contributed by atoms with Crippen molar-refractivity contribution in [1.82, 2.24) is 5.32 Å². The SMILES string of the molecule is Cc1cc(Cl)ccc1NC(=O)CCNC(=O)CCC(=O)c1cccs1. The number of amides is 2. The van der Waals surface area contributed by atoms with Crippen LogP contribution in [0.4, 0.5) is 5.69 Å². The molecule has 0 bridgehead atoms. The van der Waals surface area contributed by atoms with Gasteiger partial charge in [0, 0.05) is 36.5 Å². The second-order valence-electron chi connectivity index (χ2n) is 5.51. The van der Waals surface area contributed by atoms with E-state index in [1.807, 2.05) is 12.3 Å². The van der Waals surface area contributed by atoms with Crippen molar-refractivity contribution in [3.05, 3.63) is 51.2 Å². The zero-order chi connectivity index (χ0) is 18.2. The van der Waals surface area contributed by atoms with E-state index in [4.69, 9.17) is 11.6 Å². The number of Topliss-reactive ketones (excluding diaryl/α,β-unsaturated/α-hetero) is 1. The number of anilines is 1. The van der Waals surface area contributed by atoms with Crippen molar-refractivity contribution < 1.29 is 14.4 Å². The van der Waals surface area contributed by atoms with Gasteiger partial charge in [0.25, 0.3) is 0 Å². The van der Waals surface area contributed by atoms with Gasteiger partial charge in [-0.05, 0) is 42.1 Å². The van der Waals surface area contributed by atoms with E-state index in [0.717, 1.165) is 5.56 Å². The van der Waals surface area contributed by atoms with Crippen LogP contribution in [0.15, 0.2) is 35.7 Å². The molecule has 2 amide bonds. The number of hydrogen-bond acceptors (Lipinski definition) is 4. The first kappa shape index (κ1) is 19.1. The van der Waals surface area contributed by atoms with E-state index in [0.29, 0.717) is 15.6 Å². The summed E-state index contributed by atoms with van der Waals surface area (Å²) < 4.78 is 0. The molecule has 0 atom stereocenters. The zero-order valence-electron chi connectivity index (χ0n) is 13.8. The summed E-state index contributed by atoms with van der Waals surface area (Å²) in [6.07, 6.45) is 0.448. The molecular formula is C18H19ClN2O3S. The minimum Gasteiger partial charge on any atom is -0.356 e. The Labute approximate surface area is 155 Å². The van der Waals surface area contributed by atoms with E-state index in [1.54, 1.807) is 30.3 Å². The number of carbonyl (C=O) groups is 3. The molecule has 25 heavy (non-hydrogen) atoms. The Hall–Kier alpha value is -2.18. The van der Waals surface area contributed by atoms with Gasteiger partial charge in [0.15, 0.2) is 5.78 Å². The van der Waals surface area contributed by atoms with Gasteiger partial charge in [0.05, 0.1) is 4.88 Å². The Bertz CT molecular complexity index is 760. The highest BCUT2D eigenvalue weighted by Gasteiger charge is 2.11. The van der Waals surface area contributed by atoms with E-state index in [2.05, 4.69) is 10.6 Å². The van der Waals surface area contributed by atoms with Gasteiger partial charge in [0.1, 0.15) is 0 Å². The molecule has 2 N–H and O–H groups in total. The van der Waals surface area contributed by atoms with Crippen LogP contribution in [0.5, 0.6) is 0 Å². The molecule has 0 unspecified atom stereocenters. The first-order chi connectivity index (χ1) is 12.0. The molecule has 7 heteroatoms. The maximum absolute atomic E-state index is 11.9. The number of halogens is 1. The zero-order valence-corrected chi connectivity index (χ0v) is 15.4. The van der Waals surface area contributed by atoms with Crippen LogP contribution in [0.1, 0.15) is 34.5 Å². The summed E-state index contributed by atoms with van der Waals surface area (Å²) in [4.78, 5) is 36.1. The molecule has 1 aromatic heterocycles. The van der Waals surface area contributed by atoms with E-state index in [1.165, 1.54) is 11.3 Å². The molecule has 0 saturated carbocycles. The smallest absolute Gasteiger partial charge is 0.226 e. The largest absolute Gasteiger partial charge is 0.356 e. The van der Waals surface area contributed by atoms with Gasteiger partial charge in [-0.25, -0.2) is 0 Å². The Morgan fingerprint density at radius 3 is 2.56 bits per heavy atom. The lowest BCUT2D eigenvalue weighted by Gasteiger charge is -2.09. The molecule has 1 aromatic carbocycles. The van der Waals surface area contributed by atoms with Crippen LogP contribution in [-0.2, 0) is 9.59 Å². The van der Waals surface area contributed by atoms with Crippen molar-refractivity contribution in [3.8, 4) is 0 Å². The predicted octanol–water partition coefficient (Wildman–Crippen LogP) is 3.82. The summed E-state index contributed by atoms with van der Waals surface area (Å²) in [5.41, 5.74) is 1.57. The number of thiophene rings is 1.